The topological polar surface area (TPSA) is 3.24 Å². The molecule has 0 aliphatic heterocycles. The first kappa shape index (κ1) is 37.5. The summed E-state index contributed by atoms with van der Waals surface area (Å²) < 4.78 is 0. The summed E-state index contributed by atoms with van der Waals surface area (Å²) in [6.45, 7) is 0. The van der Waals surface area contributed by atoms with Gasteiger partial charge in [-0.3, -0.25) is 0 Å². The van der Waals surface area contributed by atoms with Crippen LogP contribution in [0.5, 0.6) is 0 Å². The van der Waals surface area contributed by atoms with Crippen molar-refractivity contribution in [2.45, 2.75) is 5.41 Å². The van der Waals surface area contributed by atoms with Crippen LogP contribution >= 0.6 is 0 Å². The van der Waals surface area contributed by atoms with Gasteiger partial charge >= 0.3 is 0 Å². The minimum Gasteiger partial charge on any atom is -0.310 e. The number of rotatable bonds is 8. The summed E-state index contributed by atoms with van der Waals surface area (Å²) in [7, 11) is 0. The van der Waals surface area contributed by atoms with Crippen LogP contribution < -0.4 is 4.90 Å². The largest absolute Gasteiger partial charge is 0.310 e. The number of nitrogens with zero attached hydrogens (tertiary/aromatic N) is 1. The zero-order valence-electron chi connectivity index (χ0n) is 35.3. The van der Waals surface area contributed by atoms with Gasteiger partial charge < -0.3 is 4.90 Å². The van der Waals surface area contributed by atoms with Gasteiger partial charge in [0.05, 0.1) is 5.41 Å². The van der Waals surface area contributed by atoms with Crippen molar-refractivity contribution in [1.29, 1.82) is 0 Å². The molecule has 1 aliphatic rings. The van der Waals surface area contributed by atoms with Crippen LogP contribution in [0, 0.1) is 0 Å². The van der Waals surface area contributed by atoms with Gasteiger partial charge in [0, 0.05) is 17.1 Å². The second-order valence-electron chi connectivity index (χ2n) is 16.8. The first-order valence-corrected chi connectivity index (χ1v) is 22.2. The highest BCUT2D eigenvalue weighted by atomic mass is 15.1. The van der Waals surface area contributed by atoms with E-state index < -0.39 is 5.41 Å². The fraction of sp³-hybridized carbons (Fsp3) is 0.0159. The highest BCUT2D eigenvalue weighted by Gasteiger charge is 2.46. The second-order valence-corrected chi connectivity index (χ2v) is 16.8. The van der Waals surface area contributed by atoms with Gasteiger partial charge in [-0.05, 0) is 137 Å². The summed E-state index contributed by atoms with van der Waals surface area (Å²) in [4.78, 5) is 2.42. The monoisotopic (exact) mass is 813 g/mol. The smallest absolute Gasteiger partial charge is 0.0713 e. The lowest BCUT2D eigenvalue weighted by atomic mass is 9.68. The first-order chi connectivity index (χ1) is 31.7. The van der Waals surface area contributed by atoms with Crippen LogP contribution in [-0.2, 0) is 5.41 Å². The molecule has 0 fully saturated rings. The van der Waals surface area contributed by atoms with Crippen LogP contribution in [0.25, 0.3) is 66.1 Å². The van der Waals surface area contributed by atoms with Crippen LogP contribution in [0.2, 0.25) is 0 Å². The average molecular weight is 814 g/mol. The molecule has 0 saturated heterocycles. The molecule has 300 valence electrons. The van der Waals surface area contributed by atoms with Gasteiger partial charge in [0.1, 0.15) is 0 Å². The number of fused-ring (bicyclic) bond motifs is 5. The van der Waals surface area contributed by atoms with Gasteiger partial charge in [0.2, 0.25) is 0 Å². The Morgan fingerprint density at radius 3 is 1.42 bits per heavy atom. The van der Waals surface area contributed by atoms with Crippen molar-refractivity contribution in [3.05, 3.63) is 283 Å². The van der Waals surface area contributed by atoms with E-state index >= 15 is 0 Å². The van der Waals surface area contributed by atoms with Crippen LogP contribution in [0.15, 0.2) is 261 Å². The highest BCUT2D eigenvalue weighted by molar-refractivity contribution is 6.01. The van der Waals surface area contributed by atoms with Crippen LogP contribution in [0.4, 0.5) is 17.1 Å². The maximum Gasteiger partial charge on any atom is 0.0713 e. The summed E-state index contributed by atoms with van der Waals surface area (Å²) in [5.41, 5.74) is 17.7. The summed E-state index contributed by atoms with van der Waals surface area (Å²) in [5, 5.41) is 4.99. The van der Waals surface area contributed by atoms with Gasteiger partial charge in [-0.25, -0.2) is 0 Å². The van der Waals surface area contributed by atoms with E-state index in [1.165, 1.54) is 88.3 Å². The Labute approximate surface area is 374 Å². The van der Waals surface area contributed by atoms with Gasteiger partial charge in [0.15, 0.2) is 0 Å². The molecule has 0 saturated carbocycles. The van der Waals surface area contributed by atoms with Crippen molar-refractivity contribution in [3.63, 3.8) is 0 Å². The predicted octanol–water partition coefficient (Wildman–Crippen LogP) is 16.8. The van der Waals surface area contributed by atoms with Gasteiger partial charge in [-0.1, -0.05) is 212 Å². The number of hydrogen-bond donors (Lipinski definition) is 0. The van der Waals surface area contributed by atoms with Crippen molar-refractivity contribution < 1.29 is 0 Å². The molecule has 1 heteroatoms. The minimum atomic E-state index is -0.460. The molecule has 11 aromatic carbocycles. The lowest BCUT2D eigenvalue weighted by molar-refractivity contribution is 0.768. The lowest BCUT2D eigenvalue weighted by Crippen LogP contribution is -2.28. The Kier molecular flexibility index (Phi) is 9.13. The fourth-order valence-electron chi connectivity index (χ4n) is 10.4. The molecular weight excluding hydrogens is 771 g/mol. The van der Waals surface area contributed by atoms with E-state index in [2.05, 4.69) is 266 Å². The van der Waals surface area contributed by atoms with E-state index in [9.17, 15) is 0 Å². The third kappa shape index (κ3) is 6.16. The molecular formula is C63H43N. The van der Waals surface area contributed by atoms with Crippen LogP contribution in [0.3, 0.4) is 0 Å². The summed E-state index contributed by atoms with van der Waals surface area (Å²) >= 11 is 0. The quantitative estimate of drug-likeness (QED) is 0.148. The molecule has 0 heterocycles. The standard InChI is InChI=1S/C63H43N/c1-4-17-46(18-5-1)59-42-49(41-48-20-11-13-27-57(48)59)44-31-35-52(36-32-44)64(53-37-33-47(34-38-53)56-29-16-21-45-19-10-12-26-55(45)56)54-39-40-62-60(43-54)58-28-14-15-30-61(58)63(62,50-22-6-2-7-23-50)51-24-8-3-9-25-51/h1-43H. The normalized spacial score (nSPS) is 12.5. The number of hydrogen-bond acceptors (Lipinski definition) is 1. The van der Waals surface area contributed by atoms with Crippen LogP contribution in [-0.4, -0.2) is 0 Å². The van der Waals surface area contributed by atoms with Crippen LogP contribution in [0.1, 0.15) is 22.3 Å². The Morgan fingerprint density at radius 2 is 0.734 bits per heavy atom. The molecule has 1 nitrogen and oxygen atoms in total. The molecule has 0 aromatic heterocycles. The summed E-state index contributed by atoms with van der Waals surface area (Å²) in [6, 6.07) is 95.8. The Bertz CT molecular complexity index is 3420. The van der Waals surface area contributed by atoms with Gasteiger partial charge in [0.25, 0.3) is 0 Å². The number of benzene rings is 11. The molecule has 0 spiro atoms. The molecule has 0 atom stereocenters. The molecule has 0 radical (unpaired) electrons. The van der Waals surface area contributed by atoms with E-state index in [-0.39, 0.29) is 0 Å². The maximum absolute atomic E-state index is 2.42. The van der Waals surface area contributed by atoms with Gasteiger partial charge in [-0.15, -0.1) is 0 Å². The Hall–Kier alpha value is -8.26. The third-order valence-electron chi connectivity index (χ3n) is 13.3. The Balaban J connectivity index is 1.02. The zero-order valence-corrected chi connectivity index (χ0v) is 35.3. The molecule has 0 amide bonds. The SMILES string of the molecule is c1ccc(-c2cc(-c3ccc(N(c4ccc(-c5cccc6ccccc56)cc4)c4ccc5c(c4)-c4ccccc4C5(c4ccccc4)c4ccccc4)cc3)cc3ccccc23)cc1. The lowest BCUT2D eigenvalue weighted by Gasteiger charge is -2.34. The summed E-state index contributed by atoms with van der Waals surface area (Å²) in [5.74, 6) is 0. The molecule has 12 rings (SSSR count). The van der Waals surface area contributed by atoms with E-state index in [0.717, 1.165) is 17.1 Å². The first-order valence-electron chi connectivity index (χ1n) is 22.2. The highest BCUT2D eigenvalue weighted by Crippen LogP contribution is 2.57. The molecule has 0 N–H and O–H groups in total. The van der Waals surface area contributed by atoms with Crippen molar-refractivity contribution >= 4 is 38.6 Å². The molecule has 11 aromatic rings. The van der Waals surface area contributed by atoms with Gasteiger partial charge in [-0.2, -0.15) is 0 Å². The molecule has 64 heavy (non-hydrogen) atoms. The van der Waals surface area contributed by atoms with Crippen molar-refractivity contribution in [3.8, 4) is 44.5 Å². The maximum atomic E-state index is 2.42. The molecule has 0 unspecified atom stereocenters. The van der Waals surface area contributed by atoms with Crippen molar-refractivity contribution in [2.24, 2.45) is 0 Å². The van der Waals surface area contributed by atoms with E-state index in [0.29, 0.717) is 0 Å². The number of anilines is 3. The zero-order chi connectivity index (χ0) is 42.5. The Morgan fingerprint density at radius 1 is 0.250 bits per heavy atom. The second kappa shape index (κ2) is 15.6. The van der Waals surface area contributed by atoms with Crippen molar-refractivity contribution in [1.82, 2.24) is 0 Å². The minimum absolute atomic E-state index is 0.460. The van der Waals surface area contributed by atoms with E-state index in [4.69, 9.17) is 0 Å². The molecule has 0 bridgehead atoms. The average Bonchev–Trinajstić information content (AvgIpc) is 3.67. The van der Waals surface area contributed by atoms with E-state index in [1.807, 2.05) is 0 Å². The fourth-order valence-corrected chi connectivity index (χ4v) is 10.4. The van der Waals surface area contributed by atoms with E-state index in [1.54, 1.807) is 0 Å². The molecule has 1 aliphatic carbocycles. The van der Waals surface area contributed by atoms with Crippen molar-refractivity contribution in [2.75, 3.05) is 4.90 Å². The summed E-state index contributed by atoms with van der Waals surface area (Å²) in [6.07, 6.45) is 0. The third-order valence-corrected chi connectivity index (χ3v) is 13.3. The predicted molar refractivity (Wildman–Crippen MR) is 270 cm³/mol.